The second kappa shape index (κ2) is 5.51. The van der Waals surface area contributed by atoms with Crippen LogP contribution in [0.15, 0.2) is 0 Å². The molecule has 1 rings (SSSR count). The molecular formula is C9H19NO2. The van der Waals surface area contributed by atoms with Gasteiger partial charge in [-0.05, 0) is 31.8 Å². The summed E-state index contributed by atoms with van der Waals surface area (Å²) in [7, 11) is 3.35. The second-order valence-corrected chi connectivity index (χ2v) is 3.34. The first-order valence-corrected chi connectivity index (χ1v) is 4.63. The summed E-state index contributed by atoms with van der Waals surface area (Å²) in [5.74, 6) is 0.952. The van der Waals surface area contributed by atoms with Crippen molar-refractivity contribution in [3.63, 3.8) is 0 Å². The van der Waals surface area contributed by atoms with Gasteiger partial charge in [-0.15, -0.1) is 0 Å². The van der Waals surface area contributed by atoms with E-state index >= 15 is 0 Å². The van der Waals surface area contributed by atoms with Crippen LogP contribution in [0, 0.1) is 5.92 Å². The predicted molar refractivity (Wildman–Crippen MR) is 48.0 cm³/mol. The molecule has 0 amide bonds. The average Bonchev–Trinajstić information content (AvgIpc) is 2.89. The highest BCUT2D eigenvalue weighted by atomic mass is 16.7. The van der Waals surface area contributed by atoms with Gasteiger partial charge >= 0.3 is 0 Å². The SMILES string of the molecule is COC(CCNCC1CC1)OC. The molecule has 0 unspecified atom stereocenters. The number of nitrogens with one attached hydrogen (secondary N) is 1. The smallest absolute Gasteiger partial charge is 0.158 e. The summed E-state index contributed by atoms with van der Waals surface area (Å²) in [5, 5.41) is 3.39. The Labute approximate surface area is 74.4 Å². The largest absolute Gasteiger partial charge is 0.356 e. The van der Waals surface area contributed by atoms with Gasteiger partial charge in [-0.25, -0.2) is 0 Å². The van der Waals surface area contributed by atoms with E-state index in [1.165, 1.54) is 19.4 Å². The standard InChI is InChI=1S/C9H19NO2/c1-11-9(12-2)5-6-10-7-8-3-4-8/h8-10H,3-7H2,1-2H3. The zero-order chi connectivity index (χ0) is 8.81. The highest BCUT2D eigenvalue weighted by Crippen LogP contribution is 2.27. The third-order valence-corrected chi connectivity index (χ3v) is 2.21. The van der Waals surface area contributed by atoms with E-state index in [0.29, 0.717) is 0 Å². The molecule has 3 heteroatoms. The Balaban J connectivity index is 1.85. The number of hydrogen-bond acceptors (Lipinski definition) is 3. The molecule has 12 heavy (non-hydrogen) atoms. The van der Waals surface area contributed by atoms with Crippen molar-refractivity contribution in [3.05, 3.63) is 0 Å². The first kappa shape index (κ1) is 9.96. The molecule has 1 N–H and O–H groups in total. The van der Waals surface area contributed by atoms with Gasteiger partial charge in [-0.2, -0.15) is 0 Å². The molecule has 0 bridgehead atoms. The molecule has 72 valence electrons. The fourth-order valence-corrected chi connectivity index (χ4v) is 1.18. The summed E-state index contributed by atoms with van der Waals surface area (Å²) in [6.45, 7) is 2.16. The van der Waals surface area contributed by atoms with Crippen molar-refractivity contribution in [2.75, 3.05) is 27.3 Å². The number of methoxy groups -OCH3 is 2. The lowest BCUT2D eigenvalue weighted by atomic mass is 10.3. The second-order valence-electron chi connectivity index (χ2n) is 3.34. The van der Waals surface area contributed by atoms with Crippen LogP contribution in [0.5, 0.6) is 0 Å². The van der Waals surface area contributed by atoms with Gasteiger partial charge in [-0.3, -0.25) is 0 Å². The molecule has 0 atom stereocenters. The molecule has 1 saturated carbocycles. The molecule has 3 nitrogen and oxygen atoms in total. The maximum Gasteiger partial charge on any atom is 0.158 e. The molecule has 0 aromatic carbocycles. The van der Waals surface area contributed by atoms with Crippen LogP contribution < -0.4 is 5.32 Å². The van der Waals surface area contributed by atoms with E-state index in [1.54, 1.807) is 14.2 Å². The van der Waals surface area contributed by atoms with Gasteiger partial charge in [-0.1, -0.05) is 0 Å². The molecule has 1 fully saturated rings. The van der Waals surface area contributed by atoms with Gasteiger partial charge in [0.15, 0.2) is 6.29 Å². The van der Waals surface area contributed by atoms with Gasteiger partial charge in [0, 0.05) is 20.6 Å². The lowest BCUT2D eigenvalue weighted by molar-refractivity contribution is -0.105. The first-order chi connectivity index (χ1) is 5.86. The Hall–Kier alpha value is -0.120. The molecule has 0 spiro atoms. The molecule has 0 saturated heterocycles. The van der Waals surface area contributed by atoms with Crippen molar-refractivity contribution in [3.8, 4) is 0 Å². The zero-order valence-corrected chi connectivity index (χ0v) is 8.01. The van der Waals surface area contributed by atoms with E-state index in [9.17, 15) is 0 Å². The molecule has 0 radical (unpaired) electrons. The van der Waals surface area contributed by atoms with Gasteiger partial charge < -0.3 is 14.8 Å². The van der Waals surface area contributed by atoms with Crippen molar-refractivity contribution in [2.24, 2.45) is 5.92 Å². The Kier molecular flexibility index (Phi) is 4.58. The Morgan fingerprint density at radius 3 is 2.50 bits per heavy atom. The van der Waals surface area contributed by atoms with E-state index < -0.39 is 0 Å². The molecular weight excluding hydrogens is 154 g/mol. The highest BCUT2D eigenvalue weighted by Gasteiger charge is 2.20. The molecule has 0 aliphatic heterocycles. The van der Waals surface area contributed by atoms with Crippen molar-refractivity contribution in [2.45, 2.75) is 25.6 Å². The molecule has 0 heterocycles. The molecule has 1 aliphatic rings. The Morgan fingerprint density at radius 1 is 1.33 bits per heavy atom. The number of rotatable bonds is 7. The minimum absolute atomic E-state index is 0.0447. The van der Waals surface area contributed by atoms with Crippen LogP contribution in [-0.2, 0) is 9.47 Å². The normalized spacial score (nSPS) is 17.2. The van der Waals surface area contributed by atoms with Crippen LogP contribution in [0.2, 0.25) is 0 Å². The maximum atomic E-state index is 5.06. The van der Waals surface area contributed by atoms with Crippen molar-refractivity contribution in [1.29, 1.82) is 0 Å². The lowest BCUT2D eigenvalue weighted by Gasteiger charge is -2.13. The van der Waals surface area contributed by atoms with Crippen LogP contribution in [-0.4, -0.2) is 33.6 Å². The van der Waals surface area contributed by atoms with E-state index in [1.807, 2.05) is 0 Å². The lowest BCUT2D eigenvalue weighted by Crippen LogP contribution is -2.24. The van der Waals surface area contributed by atoms with Crippen LogP contribution in [0.1, 0.15) is 19.3 Å². The summed E-state index contributed by atoms with van der Waals surface area (Å²) in [6.07, 6.45) is 3.70. The van der Waals surface area contributed by atoms with Crippen LogP contribution in [0.3, 0.4) is 0 Å². The third-order valence-electron chi connectivity index (χ3n) is 2.21. The van der Waals surface area contributed by atoms with Gasteiger partial charge in [0.1, 0.15) is 0 Å². The Bertz CT molecular complexity index is 111. The fraction of sp³-hybridized carbons (Fsp3) is 1.00. The first-order valence-electron chi connectivity index (χ1n) is 4.63. The summed E-state index contributed by atoms with van der Waals surface area (Å²) in [6, 6.07) is 0. The number of hydrogen-bond donors (Lipinski definition) is 1. The van der Waals surface area contributed by atoms with Gasteiger partial charge in [0.25, 0.3) is 0 Å². The summed E-state index contributed by atoms with van der Waals surface area (Å²) >= 11 is 0. The molecule has 1 aliphatic carbocycles. The van der Waals surface area contributed by atoms with Crippen LogP contribution >= 0.6 is 0 Å². The quantitative estimate of drug-likeness (QED) is 0.460. The topological polar surface area (TPSA) is 30.5 Å². The predicted octanol–water partition coefficient (Wildman–Crippen LogP) is 0.995. The van der Waals surface area contributed by atoms with E-state index in [2.05, 4.69) is 5.32 Å². The minimum atomic E-state index is -0.0447. The van der Waals surface area contributed by atoms with Crippen molar-refractivity contribution < 1.29 is 9.47 Å². The van der Waals surface area contributed by atoms with E-state index in [0.717, 1.165) is 18.9 Å². The van der Waals surface area contributed by atoms with Crippen LogP contribution in [0.25, 0.3) is 0 Å². The van der Waals surface area contributed by atoms with Gasteiger partial charge in [0.2, 0.25) is 0 Å². The maximum absolute atomic E-state index is 5.06. The van der Waals surface area contributed by atoms with E-state index in [-0.39, 0.29) is 6.29 Å². The molecule has 0 aromatic rings. The summed E-state index contributed by atoms with van der Waals surface area (Å²) < 4.78 is 10.1. The van der Waals surface area contributed by atoms with Crippen LogP contribution in [0.4, 0.5) is 0 Å². The monoisotopic (exact) mass is 173 g/mol. The fourth-order valence-electron chi connectivity index (χ4n) is 1.18. The summed E-state index contributed by atoms with van der Waals surface area (Å²) in [4.78, 5) is 0. The summed E-state index contributed by atoms with van der Waals surface area (Å²) in [5.41, 5.74) is 0. The molecule has 0 aromatic heterocycles. The van der Waals surface area contributed by atoms with E-state index in [4.69, 9.17) is 9.47 Å². The Morgan fingerprint density at radius 2 is 2.00 bits per heavy atom. The number of ether oxygens (including phenoxy) is 2. The highest BCUT2D eigenvalue weighted by molar-refractivity contribution is 4.75. The van der Waals surface area contributed by atoms with Crippen molar-refractivity contribution >= 4 is 0 Å². The third kappa shape index (κ3) is 4.04. The minimum Gasteiger partial charge on any atom is -0.356 e. The average molecular weight is 173 g/mol. The zero-order valence-electron chi connectivity index (χ0n) is 8.01. The van der Waals surface area contributed by atoms with Gasteiger partial charge in [0.05, 0.1) is 0 Å². The van der Waals surface area contributed by atoms with Crippen molar-refractivity contribution in [1.82, 2.24) is 5.32 Å².